The van der Waals surface area contributed by atoms with Gasteiger partial charge in [0.05, 0.1) is 0 Å². The van der Waals surface area contributed by atoms with Crippen LogP contribution in [-0.4, -0.2) is 52.5 Å². The maximum absolute atomic E-state index is 10.5. The normalized spacial score (nSPS) is 11.4. The molecule has 0 spiro atoms. The minimum Gasteiger partial charge on any atom is -0.465 e. The van der Waals surface area contributed by atoms with Crippen LogP contribution in [0, 0.1) is 0 Å². The average Bonchev–Trinajstić information content (AvgIpc) is 2.13. The Morgan fingerprint density at radius 1 is 1.46 bits per heavy atom. The number of hydrogen-bond donors (Lipinski definition) is 1. The molecule has 0 aliphatic heterocycles. The highest BCUT2D eigenvalue weighted by Gasteiger charge is 2.29. The van der Waals surface area contributed by atoms with Crippen LogP contribution in [0.4, 0.5) is 4.79 Å². The molecule has 0 aliphatic rings. The van der Waals surface area contributed by atoms with Gasteiger partial charge in [0.1, 0.15) is 0 Å². The van der Waals surface area contributed by atoms with Crippen molar-refractivity contribution in [2.45, 2.75) is 12.6 Å². The van der Waals surface area contributed by atoms with Crippen LogP contribution in [-0.2, 0) is 8.85 Å². The Labute approximate surface area is 79.5 Å². The molecule has 1 N–H and O–H groups in total. The van der Waals surface area contributed by atoms with E-state index in [1.54, 1.807) is 14.2 Å². The van der Waals surface area contributed by atoms with Crippen LogP contribution >= 0.6 is 0 Å². The molecule has 0 heterocycles. The zero-order valence-electron chi connectivity index (χ0n) is 8.53. The summed E-state index contributed by atoms with van der Waals surface area (Å²) >= 11 is 0. The summed E-state index contributed by atoms with van der Waals surface area (Å²) in [6.07, 6.45) is -0.927. The van der Waals surface area contributed by atoms with Crippen molar-refractivity contribution in [3.05, 3.63) is 0 Å². The molecule has 0 rings (SSSR count). The van der Waals surface area contributed by atoms with Crippen molar-refractivity contribution in [3.63, 3.8) is 0 Å². The number of rotatable bonds is 5. The number of carbonyl (C=O) groups is 1. The molecule has 5 nitrogen and oxygen atoms in total. The summed E-state index contributed by atoms with van der Waals surface area (Å²) in [6, 6.07) is 0.642. The van der Waals surface area contributed by atoms with Crippen LogP contribution in [0.5, 0.6) is 0 Å². The lowest BCUT2D eigenvalue weighted by Gasteiger charge is -2.24. The molecule has 6 heteroatoms. The Kier molecular flexibility index (Phi) is 4.97. The van der Waals surface area contributed by atoms with E-state index in [0.717, 1.165) is 0 Å². The second kappa shape index (κ2) is 5.20. The third kappa shape index (κ3) is 4.25. The molecule has 78 valence electrons. The van der Waals surface area contributed by atoms with Gasteiger partial charge in [0, 0.05) is 33.9 Å². The number of hydrogen-bond acceptors (Lipinski definition) is 3. The summed E-state index contributed by atoms with van der Waals surface area (Å²) in [5.74, 6) is 0. The van der Waals surface area contributed by atoms with Crippen molar-refractivity contribution in [1.82, 2.24) is 4.90 Å². The first kappa shape index (κ1) is 12.4. The van der Waals surface area contributed by atoms with Crippen molar-refractivity contribution < 1.29 is 18.8 Å². The van der Waals surface area contributed by atoms with Gasteiger partial charge in [-0.25, -0.2) is 4.79 Å². The maximum Gasteiger partial charge on any atom is 0.407 e. The highest BCUT2D eigenvalue weighted by Crippen LogP contribution is 2.11. The van der Waals surface area contributed by atoms with E-state index in [1.165, 1.54) is 11.9 Å². The fourth-order valence-corrected chi connectivity index (χ4v) is 2.07. The zero-order chi connectivity index (χ0) is 10.5. The van der Waals surface area contributed by atoms with Crippen LogP contribution in [0.15, 0.2) is 0 Å². The molecule has 1 amide bonds. The van der Waals surface area contributed by atoms with Crippen molar-refractivity contribution in [1.29, 1.82) is 0 Å². The van der Waals surface area contributed by atoms with Gasteiger partial charge in [-0.15, -0.1) is 0 Å². The van der Waals surface area contributed by atoms with E-state index in [1.807, 2.05) is 6.55 Å². The Morgan fingerprint density at radius 2 is 1.92 bits per heavy atom. The predicted molar refractivity (Wildman–Crippen MR) is 51.1 cm³/mol. The van der Waals surface area contributed by atoms with Gasteiger partial charge in [-0.05, 0) is 6.55 Å². The lowest BCUT2D eigenvalue weighted by atomic mass is 10.7. The van der Waals surface area contributed by atoms with Gasteiger partial charge in [0.25, 0.3) is 0 Å². The molecule has 0 atom stereocenters. The van der Waals surface area contributed by atoms with E-state index in [0.29, 0.717) is 12.6 Å². The van der Waals surface area contributed by atoms with Crippen LogP contribution < -0.4 is 0 Å². The molecule has 0 unspecified atom stereocenters. The van der Waals surface area contributed by atoms with E-state index in [2.05, 4.69) is 0 Å². The second-order valence-corrected chi connectivity index (χ2v) is 6.58. The predicted octanol–water partition coefficient (Wildman–Crippen LogP) is 0.961. The Morgan fingerprint density at radius 3 is 2.23 bits per heavy atom. The van der Waals surface area contributed by atoms with Crippen molar-refractivity contribution in [3.8, 4) is 0 Å². The topological polar surface area (TPSA) is 59.0 Å². The largest absolute Gasteiger partial charge is 0.465 e. The molecule has 0 aromatic rings. The first-order valence-electron chi connectivity index (χ1n) is 3.99. The minimum absolute atomic E-state index is 0.444. The Balaban J connectivity index is 3.92. The van der Waals surface area contributed by atoms with E-state index in [4.69, 9.17) is 14.0 Å². The highest BCUT2D eigenvalue weighted by atomic mass is 28.4. The highest BCUT2D eigenvalue weighted by molar-refractivity contribution is 6.66. The molecule has 0 aromatic carbocycles. The molecule has 0 aromatic heterocycles. The first-order valence-corrected chi connectivity index (χ1v) is 6.52. The van der Waals surface area contributed by atoms with Crippen LogP contribution in [0.25, 0.3) is 0 Å². The fraction of sp³-hybridized carbons (Fsp3) is 0.857. The number of carboxylic acid groups (broad SMARTS) is 1. The van der Waals surface area contributed by atoms with Gasteiger partial charge in [-0.3, -0.25) is 0 Å². The van der Waals surface area contributed by atoms with Gasteiger partial charge < -0.3 is 18.9 Å². The van der Waals surface area contributed by atoms with E-state index in [-0.39, 0.29) is 0 Å². The smallest absolute Gasteiger partial charge is 0.407 e. The third-order valence-corrected chi connectivity index (χ3v) is 4.95. The SMILES string of the molecule is CO[Si](C)(CCN(C)C(=O)O)OC. The van der Waals surface area contributed by atoms with Gasteiger partial charge in [-0.2, -0.15) is 0 Å². The van der Waals surface area contributed by atoms with Crippen molar-refractivity contribution in [2.24, 2.45) is 0 Å². The van der Waals surface area contributed by atoms with Crippen molar-refractivity contribution in [2.75, 3.05) is 27.8 Å². The van der Waals surface area contributed by atoms with Gasteiger partial charge in [-0.1, -0.05) is 0 Å². The van der Waals surface area contributed by atoms with Crippen LogP contribution in [0.2, 0.25) is 12.6 Å². The standard InChI is InChI=1S/C7H17NO4Si/c1-8(7(9)10)5-6-13(4,11-2)12-3/h5-6H2,1-4H3,(H,9,10). The lowest BCUT2D eigenvalue weighted by molar-refractivity contribution is 0.156. The summed E-state index contributed by atoms with van der Waals surface area (Å²) in [5.41, 5.74) is 0. The lowest BCUT2D eigenvalue weighted by Crippen LogP contribution is -2.40. The van der Waals surface area contributed by atoms with E-state index >= 15 is 0 Å². The van der Waals surface area contributed by atoms with Gasteiger partial charge in [0.2, 0.25) is 0 Å². The summed E-state index contributed by atoms with van der Waals surface area (Å²) in [7, 11) is 2.61. The molecule has 0 bridgehead atoms. The van der Waals surface area contributed by atoms with Crippen molar-refractivity contribution >= 4 is 14.7 Å². The number of amides is 1. The van der Waals surface area contributed by atoms with Gasteiger partial charge in [0.15, 0.2) is 0 Å². The monoisotopic (exact) mass is 207 g/mol. The Bertz CT molecular complexity index is 172. The molecule has 0 saturated carbocycles. The van der Waals surface area contributed by atoms with E-state index < -0.39 is 14.7 Å². The summed E-state index contributed by atoms with van der Waals surface area (Å²) in [4.78, 5) is 11.7. The fourth-order valence-electron chi connectivity index (χ4n) is 0.754. The van der Waals surface area contributed by atoms with E-state index in [9.17, 15) is 4.79 Å². The summed E-state index contributed by atoms with van der Waals surface area (Å²) < 4.78 is 10.4. The molecular formula is C7H17NO4Si. The van der Waals surface area contributed by atoms with Crippen LogP contribution in [0.1, 0.15) is 0 Å². The quantitative estimate of drug-likeness (QED) is 0.682. The maximum atomic E-state index is 10.5. The second-order valence-electron chi connectivity index (χ2n) is 3.00. The average molecular weight is 207 g/mol. The molecule has 0 fully saturated rings. The van der Waals surface area contributed by atoms with Crippen LogP contribution in [0.3, 0.4) is 0 Å². The zero-order valence-corrected chi connectivity index (χ0v) is 9.53. The van der Waals surface area contributed by atoms with Gasteiger partial charge >= 0.3 is 14.7 Å². The number of nitrogens with zero attached hydrogens (tertiary/aromatic N) is 1. The minimum atomic E-state index is -2.11. The summed E-state index contributed by atoms with van der Waals surface area (Å²) in [6.45, 7) is 2.35. The Hall–Kier alpha value is -0.593. The first-order chi connectivity index (χ1) is 5.95. The molecule has 0 saturated heterocycles. The molecular weight excluding hydrogens is 190 g/mol. The molecule has 13 heavy (non-hydrogen) atoms. The third-order valence-electron chi connectivity index (χ3n) is 2.09. The summed E-state index contributed by atoms with van der Waals surface area (Å²) in [5, 5.41) is 8.58. The molecule has 0 aliphatic carbocycles. The molecule has 0 radical (unpaired) electrons.